The Kier molecular flexibility index (Phi) is 6.13. The number of likely N-dealkylation sites (N-methyl/N-ethyl adjacent to an activating group) is 1. The molecular weight excluding hydrogens is 514 g/mol. The molecule has 1 atom stereocenters. The lowest BCUT2D eigenvalue weighted by atomic mass is 10.0. The summed E-state index contributed by atoms with van der Waals surface area (Å²) in [7, 11) is 1.62. The maximum absolute atomic E-state index is 13.1. The number of fused-ring (bicyclic) bond motifs is 1. The highest BCUT2D eigenvalue weighted by Crippen LogP contribution is 2.33. The zero-order chi connectivity index (χ0) is 23.8. The number of nitrogens with zero attached hydrogens (tertiary/aromatic N) is 2. The Balaban J connectivity index is 1.52. The number of aromatic nitrogens is 2. The van der Waals surface area contributed by atoms with Crippen LogP contribution < -0.4 is 20.3 Å². The van der Waals surface area contributed by atoms with Gasteiger partial charge in [0.05, 0.1) is 20.7 Å². The SMILES string of the molecule is CN1C(=O)[C@](C)(NC(=O)c2[nH]nc(NC(=O)c3ccccc3Cl)c2Br)COc2ccccc21. The Morgan fingerprint density at radius 2 is 1.88 bits per heavy atom. The van der Waals surface area contributed by atoms with Gasteiger partial charge >= 0.3 is 0 Å². The quantitative estimate of drug-likeness (QED) is 0.475. The van der Waals surface area contributed by atoms with Crippen LogP contribution in [0.3, 0.4) is 0 Å². The summed E-state index contributed by atoms with van der Waals surface area (Å²) in [6.07, 6.45) is 0. The van der Waals surface area contributed by atoms with E-state index in [4.69, 9.17) is 16.3 Å². The lowest BCUT2D eigenvalue weighted by molar-refractivity contribution is -0.124. The minimum Gasteiger partial charge on any atom is -0.488 e. The third-order valence-electron chi connectivity index (χ3n) is 5.19. The van der Waals surface area contributed by atoms with Crippen LogP contribution in [0.4, 0.5) is 11.5 Å². The molecule has 3 N–H and O–H groups in total. The number of H-pyrrole nitrogens is 1. The van der Waals surface area contributed by atoms with E-state index in [-0.39, 0.29) is 39.1 Å². The van der Waals surface area contributed by atoms with Crippen molar-refractivity contribution in [3.8, 4) is 5.75 Å². The minimum atomic E-state index is -1.35. The number of benzene rings is 2. The van der Waals surface area contributed by atoms with Gasteiger partial charge < -0.3 is 20.3 Å². The first-order valence-electron chi connectivity index (χ1n) is 9.83. The standard InChI is InChI=1S/C22H19BrClN5O4/c1-22(11-33-15-10-6-5-9-14(15)29(2)21(22)32)26-20(31)17-16(23)18(28-27-17)25-19(30)12-7-3-4-8-13(12)24/h3-10H,11H2,1-2H3,(H,26,31)(H2,25,27,28,30)/t22-/m1/s1. The molecule has 0 saturated heterocycles. The van der Waals surface area contributed by atoms with E-state index in [1.165, 1.54) is 4.90 Å². The van der Waals surface area contributed by atoms with Gasteiger partial charge in [-0.05, 0) is 47.1 Å². The second kappa shape index (κ2) is 8.87. The monoisotopic (exact) mass is 531 g/mol. The second-order valence-corrected chi connectivity index (χ2v) is 8.80. The fraction of sp³-hybridized carbons (Fsp3) is 0.182. The molecule has 0 saturated carbocycles. The van der Waals surface area contributed by atoms with Crippen molar-refractivity contribution < 1.29 is 19.1 Å². The number of aromatic amines is 1. The highest BCUT2D eigenvalue weighted by Gasteiger charge is 2.42. The van der Waals surface area contributed by atoms with Crippen molar-refractivity contribution in [3.63, 3.8) is 0 Å². The van der Waals surface area contributed by atoms with Crippen molar-refractivity contribution in [2.24, 2.45) is 0 Å². The van der Waals surface area contributed by atoms with Crippen LogP contribution in [0.1, 0.15) is 27.8 Å². The number of carbonyl (C=O) groups is 3. The predicted molar refractivity (Wildman–Crippen MR) is 127 cm³/mol. The van der Waals surface area contributed by atoms with Crippen molar-refractivity contribution in [2.75, 3.05) is 23.9 Å². The molecule has 1 aromatic heterocycles. The topological polar surface area (TPSA) is 116 Å². The molecule has 3 amide bonds. The van der Waals surface area contributed by atoms with Gasteiger partial charge in [-0.15, -0.1) is 0 Å². The zero-order valence-electron chi connectivity index (χ0n) is 17.6. The van der Waals surface area contributed by atoms with E-state index in [1.807, 2.05) is 0 Å². The van der Waals surface area contributed by atoms with Gasteiger partial charge in [-0.25, -0.2) is 0 Å². The number of ether oxygens (including phenoxy) is 1. The average Bonchev–Trinajstić information content (AvgIpc) is 3.13. The van der Waals surface area contributed by atoms with Gasteiger partial charge in [-0.1, -0.05) is 35.9 Å². The van der Waals surface area contributed by atoms with Gasteiger partial charge in [0.1, 0.15) is 18.1 Å². The first kappa shape index (κ1) is 22.8. The summed E-state index contributed by atoms with van der Waals surface area (Å²) in [6.45, 7) is 1.51. The number of hydrogen-bond acceptors (Lipinski definition) is 5. The van der Waals surface area contributed by atoms with Crippen LogP contribution in [0.15, 0.2) is 53.0 Å². The van der Waals surface area contributed by atoms with Crippen LogP contribution in [0.2, 0.25) is 5.02 Å². The third-order valence-corrected chi connectivity index (χ3v) is 6.30. The Labute approximate surface area is 202 Å². The van der Waals surface area contributed by atoms with Gasteiger partial charge in [0.2, 0.25) is 0 Å². The van der Waals surface area contributed by atoms with Crippen LogP contribution in [-0.4, -0.2) is 47.1 Å². The molecule has 1 aliphatic rings. The first-order chi connectivity index (χ1) is 15.7. The zero-order valence-corrected chi connectivity index (χ0v) is 20.0. The van der Waals surface area contributed by atoms with Crippen molar-refractivity contribution in [1.29, 1.82) is 0 Å². The molecule has 9 nitrogen and oxygen atoms in total. The number of para-hydroxylation sites is 2. The molecule has 33 heavy (non-hydrogen) atoms. The van der Waals surface area contributed by atoms with E-state index in [2.05, 4.69) is 36.8 Å². The van der Waals surface area contributed by atoms with Crippen LogP contribution in [0, 0.1) is 0 Å². The van der Waals surface area contributed by atoms with E-state index in [1.54, 1.807) is 62.5 Å². The summed E-state index contributed by atoms with van der Waals surface area (Å²) in [4.78, 5) is 40.1. The highest BCUT2D eigenvalue weighted by molar-refractivity contribution is 9.10. The number of rotatable bonds is 4. The Morgan fingerprint density at radius 3 is 2.64 bits per heavy atom. The normalized spacial score (nSPS) is 17.6. The van der Waals surface area contributed by atoms with E-state index < -0.39 is 17.4 Å². The van der Waals surface area contributed by atoms with Crippen LogP contribution in [-0.2, 0) is 4.79 Å². The van der Waals surface area contributed by atoms with Crippen molar-refractivity contribution in [1.82, 2.24) is 15.5 Å². The third kappa shape index (κ3) is 4.31. The van der Waals surface area contributed by atoms with Gasteiger partial charge in [0, 0.05) is 7.05 Å². The molecule has 0 fully saturated rings. The van der Waals surface area contributed by atoms with Crippen molar-refractivity contribution in [2.45, 2.75) is 12.5 Å². The minimum absolute atomic E-state index is 0.0305. The molecule has 0 bridgehead atoms. The largest absolute Gasteiger partial charge is 0.488 e. The summed E-state index contributed by atoms with van der Waals surface area (Å²) < 4.78 is 6.03. The lowest BCUT2D eigenvalue weighted by Crippen LogP contribution is -2.59. The highest BCUT2D eigenvalue weighted by atomic mass is 79.9. The second-order valence-electron chi connectivity index (χ2n) is 7.60. The number of halogens is 2. The molecule has 3 aromatic rings. The number of anilines is 2. The van der Waals surface area contributed by atoms with Crippen LogP contribution in [0.5, 0.6) is 5.75 Å². The summed E-state index contributed by atoms with van der Waals surface area (Å²) in [6, 6.07) is 13.7. The lowest BCUT2D eigenvalue weighted by Gasteiger charge is -2.29. The molecule has 0 spiro atoms. The fourth-order valence-electron chi connectivity index (χ4n) is 3.40. The summed E-state index contributed by atoms with van der Waals surface area (Å²) in [5, 5.41) is 12.2. The van der Waals surface area contributed by atoms with E-state index in [0.717, 1.165) is 0 Å². The molecule has 0 unspecified atom stereocenters. The van der Waals surface area contributed by atoms with Gasteiger partial charge in [-0.3, -0.25) is 19.5 Å². The Hall–Kier alpha value is -3.37. The van der Waals surface area contributed by atoms with Gasteiger partial charge in [0.15, 0.2) is 11.4 Å². The molecule has 170 valence electrons. The van der Waals surface area contributed by atoms with E-state index in [9.17, 15) is 14.4 Å². The number of nitrogens with one attached hydrogen (secondary N) is 3. The number of carbonyl (C=O) groups excluding carboxylic acids is 3. The predicted octanol–water partition coefficient (Wildman–Crippen LogP) is 3.62. The molecule has 2 aromatic carbocycles. The molecule has 11 heteroatoms. The molecule has 0 radical (unpaired) electrons. The molecule has 0 aliphatic carbocycles. The van der Waals surface area contributed by atoms with Gasteiger partial charge in [0.25, 0.3) is 17.7 Å². The molecule has 2 heterocycles. The summed E-state index contributed by atoms with van der Waals surface area (Å²) >= 11 is 9.36. The smallest absolute Gasteiger partial charge is 0.271 e. The maximum atomic E-state index is 13.1. The van der Waals surface area contributed by atoms with Crippen LogP contribution >= 0.6 is 27.5 Å². The molecule has 1 aliphatic heterocycles. The van der Waals surface area contributed by atoms with Crippen LogP contribution in [0.25, 0.3) is 0 Å². The number of hydrogen-bond donors (Lipinski definition) is 3. The Morgan fingerprint density at radius 1 is 1.18 bits per heavy atom. The van der Waals surface area contributed by atoms with E-state index >= 15 is 0 Å². The Bertz CT molecular complexity index is 1260. The average molecular weight is 533 g/mol. The summed E-state index contributed by atoms with van der Waals surface area (Å²) in [5.41, 5.74) is -0.455. The fourth-order valence-corrected chi connectivity index (χ4v) is 4.08. The molecular formula is C22H19BrClN5O4. The van der Waals surface area contributed by atoms with Crippen molar-refractivity contribution in [3.05, 3.63) is 69.3 Å². The molecule has 4 rings (SSSR count). The number of amides is 3. The first-order valence-corrected chi connectivity index (χ1v) is 11.0. The van der Waals surface area contributed by atoms with E-state index in [0.29, 0.717) is 11.4 Å². The van der Waals surface area contributed by atoms with Crippen molar-refractivity contribution >= 4 is 56.8 Å². The summed E-state index contributed by atoms with van der Waals surface area (Å²) in [5.74, 6) is -0.796. The van der Waals surface area contributed by atoms with Gasteiger partial charge in [-0.2, -0.15) is 5.10 Å². The maximum Gasteiger partial charge on any atom is 0.271 e.